The van der Waals surface area contributed by atoms with Crippen LogP contribution in [0.2, 0.25) is 0 Å². The van der Waals surface area contributed by atoms with Crippen LogP contribution in [0.15, 0.2) is 18.2 Å². The minimum absolute atomic E-state index is 0.0356. The van der Waals surface area contributed by atoms with Gasteiger partial charge in [-0.3, -0.25) is 14.4 Å². The molecule has 0 bridgehead atoms. The summed E-state index contributed by atoms with van der Waals surface area (Å²) in [4.78, 5) is 46.6. The molecule has 0 saturated carbocycles. The summed E-state index contributed by atoms with van der Waals surface area (Å²) in [7, 11) is 0. The van der Waals surface area contributed by atoms with Gasteiger partial charge in [-0.1, -0.05) is 19.9 Å². The third kappa shape index (κ3) is 9.78. The van der Waals surface area contributed by atoms with E-state index in [9.17, 15) is 24.3 Å². The highest BCUT2D eigenvalue weighted by Crippen LogP contribution is 2.30. The Hall–Kier alpha value is -3.14. The van der Waals surface area contributed by atoms with Gasteiger partial charge in [0.25, 0.3) is 0 Å². The normalized spacial score (nSPS) is 12.6. The van der Waals surface area contributed by atoms with Gasteiger partial charge in [-0.15, -0.1) is 0 Å². The molecule has 0 saturated heterocycles. The zero-order chi connectivity index (χ0) is 24.3. The number of benzene rings is 1. The standard InChI is InChI=1S/C22H31NO9/c1-6-19(24)31-17-9-8-15(11-18(17)32-20(25)7-2)10-16(21(26)27)23-12-14(5)30-22(28)29-13(3)4/h8-9,11,13-14,16,23H,6-7,10,12H2,1-5H3,(H,26,27)/t14?,16-/m0/s1. The first-order valence-electron chi connectivity index (χ1n) is 10.4. The molecule has 0 aliphatic carbocycles. The van der Waals surface area contributed by atoms with Crippen LogP contribution in [0.25, 0.3) is 0 Å². The number of carbonyl (C=O) groups excluding carboxylic acids is 3. The van der Waals surface area contributed by atoms with E-state index in [4.69, 9.17) is 18.9 Å². The number of aliphatic carboxylic acids is 1. The Kier molecular flexibility index (Phi) is 11.2. The number of ether oxygens (including phenoxy) is 4. The maximum Gasteiger partial charge on any atom is 0.508 e. The fraction of sp³-hybridized carbons (Fsp3) is 0.545. The summed E-state index contributed by atoms with van der Waals surface area (Å²) in [5.41, 5.74) is 0.535. The Bertz CT molecular complexity index is 807. The second-order valence-corrected chi connectivity index (χ2v) is 7.28. The molecule has 2 N–H and O–H groups in total. The lowest BCUT2D eigenvalue weighted by Crippen LogP contribution is -2.42. The van der Waals surface area contributed by atoms with E-state index in [1.807, 2.05) is 0 Å². The van der Waals surface area contributed by atoms with Gasteiger partial charge in [0.2, 0.25) is 0 Å². The quantitative estimate of drug-likeness (QED) is 0.359. The van der Waals surface area contributed by atoms with Crippen LogP contribution in [0.1, 0.15) is 53.0 Å². The van der Waals surface area contributed by atoms with Gasteiger partial charge in [-0.2, -0.15) is 0 Å². The van der Waals surface area contributed by atoms with Crippen LogP contribution in [0.4, 0.5) is 4.79 Å². The molecule has 1 aromatic rings. The second-order valence-electron chi connectivity index (χ2n) is 7.28. The van der Waals surface area contributed by atoms with Crippen molar-refractivity contribution in [1.82, 2.24) is 5.32 Å². The molecule has 0 spiro atoms. The molecular formula is C22H31NO9. The number of rotatable bonds is 12. The van der Waals surface area contributed by atoms with Gasteiger partial charge < -0.3 is 29.4 Å². The van der Waals surface area contributed by atoms with Crippen molar-refractivity contribution in [3.05, 3.63) is 23.8 Å². The maximum atomic E-state index is 11.7. The minimum Gasteiger partial charge on any atom is -0.480 e. The Balaban J connectivity index is 2.88. The summed E-state index contributed by atoms with van der Waals surface area (Å²) in [6.07, 6.45) is -1.50. The molecule has 0 aromatic heterocycles. The van der Waals surface area contributed by atoms with Crippen LogP contribution in [0.3, 0.4) is 0 Å². The van der Waals surface area contributed by atoms with Crippen molar-refractivity contribution in [3.8, 4) is 11.5 Å². The van der Waals surface area contributed by atoms with Crippen LogP contribution in [-0.4, -0.2) is 54.0 Å². The number of carboxylic acids is 1. The number of carbonyl (C=O) groups is 4. The fourth-order valence-corrected chi connectivity index (χ4v) is 2.45. The van der Waals surface area contributed by atoms with Crippen molar-refractivity contribution in [3.63, 3.8) is 0 Å². The van der Waals surface area contributed by atoms with Crippen molar-refractivity contribution in [2.75, 3.05) is 6.54 Å². The first-order valence-corrected chi connectivity index (χ1v) is 10.4. The van der Waals surface area contributed by atoms with Gasteiger partial charge in [-0.25, -0.2) is 4.79 Å². The molecule has 0 amide bonds. The predicted octanol–water partition coefficient (Wildman–Crippen LogP) is 2.85. The lowest BCUT2D eigenvalue weighted by atomic mass is 10.0. The van der Waals surface area contributed by atoms with E-state index >= 15 is 0 Å². The maximum absolute atomic E-state index is 11.7. The molecule has 0 aliphatic rings. The number of hydrogen-bond acceptors (Lipinski definition) is 9. The Labute approximate surface area is 187 Å². The highest BCUT2D eigenvalue weighted by Gasteiger charge is 2.22. The Morgan fingerprint density at radius 1 is 0.938 bits per heavy atom. The van der Waals surface area contributed by atoms with E-state index < -0.39 is 36.2 Å². The summed E-state index contributed by atoms with van der Waals surface area (Å²) < 4.78 is 20.4. The lowest BCUT2D eigenvalue weighted by Gasteiger charge is -2.19. The van der Waals surface area contributed by atoms with Gasteiger partial charge in [-0.05, 0) is 44.9 Å². The average Bonchev–Trinajstić information content (AvgIpc) is 2.71. The molecule has 1 unspecified atom stereocenters. The Morgan fingerprint density at radius 2 is 1.53 bits per heavy atom. The van der Waals surface area contributed by atoms with Crippen molar-refractivity contribution >= 4 is 24.1 Å². The molecule has 0 aliphatic heterocycles. The van der Waals surface area contributed by atoms with Crippen molar-refractivity contribution in [1.29, 1.82) is 0 Å². The molecule has 1 rings (SSSR count). The average molecular weight is 453 g/mol. The number of esters is 2. The van der Waals surface area contributed by atoms with Gasteiger partial charge in [0.15, 0.2) is 11.5 Å². The Morgan fingerprint density at radius 3 is 2.06 bits per heavy atom. The van der Waals surface area contributed by atoms with Gasteiger partial charge >= 0.3 is 24.1 Å². The molecule has 0 fully saturated rings. The first kappa shape index (κ1) is 26.9. The van der Waals surface area contributed by atoms with Crippen LogP contribution < -0.4 is 14.8 Å². The van der Waals surface area contributed by atoms with E-state index in [0.717, 1.165) is 0 Å². The summed E-state index contributed by atoms with van der Waals surface area (Å²) in [6.45, 7) is 8.30. The molecule has 10 nitrogen and oxygen atoms in total. The van der Waals surface area contributed by atoms with Crippen molar-refractivity contribution < 1.29 is 43.2 Å². The molecule has 10 heteroatoms. The monoisotopic (exact) mass is 453 g/mol. The zero-order valence-electron chi connectivity index (χ0n) is 19.0. The number of carboxylic acid groups (broad SMARTS) is 1. The summed E-state index contributed by atoms with van der Waals surface area (Å²) in [6, 6.07) is 3.48. The zero-order valence-corrected chi connectivity index (χ0v) is 19.0. The molecule has 32 heavy (non-hydrogen) atoms. The molecule has 0 heterocycles. The van der Waals surface area contributed by atoms with Gasteiger partial charge in [0.05, 0.1) is 6.10 Å². The predicted molar refractivity (Wildman–Crippen MR) is 114 cm³/mol. The molecular weight excluding hydrogens is 422 g/mol. The van der Waals surface area contributed by atoms with Gasteiger partial charge in [0.1, 0.15) is 12.1 Å². The van der Waals surface area contributed by atoms with Crippen LogP contribution in [0.5, 0.6) is 11.5 Å². The summed E-state index contributed by atoms with van der Waals surface area (Å²) in [5.74, 6) is -2.03. The van der Waals surface area contributed by atoms with Crippen molar-refractivity contribution in [2.45, 2.75) is 72.1 Å². The summed E-state index contributed by atoms with van der Waals surface area (Å²) >= 11 is 0. The second kappa shape index (κ2) is 13.3. The topological polar surface area (TPSA) is 137 Å². The fourth-order valence-electron chi connectivity index (χ4n) is 2.45. The molecule has 0 radical (unpaired) electrons. The molecule has 1 aromatic carbocycles. The minimum atomic E-state index is -1.12. The number of nitrogens with one attached hydrogen (secondary N) is 1. The summed E-state index contributed by atoms with van der Waals surface area (Å²) in [5, 5.41) is 12.4. The van der Waals surface area contributed by atoms with Crippen molar-refractivity contribution in [2.24, 2.45) is 0 Å². The highest BCUT2D eigenvalue weighted by atomic mass is 16.7. The van der Waals surface area contributed by atoms with E-state index in [1.54, 1.807) is 40.7 Å². The van der Waals surface area contributed by atoms with E-state index in [1.165, 1.54) is 12.1 Å². The third-order valence-corrected chi connectivity index (χ3v) is 4.05. The van der Waals surface area contributed by atoms with Gasteiger partial charge in [0, 0.05) is 19.4 Å². The molecule has 2 atom stereocenters. The van der Waals surface area contributed by atoms with Crippen LogP contribution in [0, 0.1) is 0 Å². The van der Waals surface area contributed by atoms with E-state index in [2.05, 4.69) is 5.32 Å². The SMILES string of the molecule is CCC(=O)Oc1ccc(C[C@H](NCC(C)OC(=O)OC(C)C)C(=O)O)cc1OC(=O)CC. The molecule has 178 valence electrons. The largest absolute Gasteiger partial charge is 0.508 e. The number of hydrogen-bond donors (Lipinski definition) is 2. The highest BCUT2D eigenvalue weighted by molar-refractivity contribution is 5.76. The lowest BCUT2D eigenvalue weighted by molar-refractivity contribution is -0.139. The van der Waals surface area contributed by atoms with Crippen LogP contribution in [-0.2, 0) is 30.3 Å². The third-order valence-electron chi connectivity index (χ3n) is 4.05. The van der Waals surface area contributed by atoms with Crippen LogP contribution >= 0.6 is 0 Å². The smallest absolute Gasteiger partial charge is 0.480 e. The first-order chi connectivity index (χ1) is 15.0. The van der Waals surface area contributed by atoms with E-state index in [0.29, 0.717) is 5.56 Å². The van der Waals surface area contributed by atoms with E-state index in [-0.39, 0.29) is 43.4 Å².